The molecule has 16 heavy (non-hydrogen) atoms. The van der Waals surface area contributed by atoms with Gasteiger partial charge in [-0.25, -0.2) is 4.39 Å². The predicted octanol–water partition coefficient (Wildman–Crippen LogP) is 2.90. The van der Waals surface area contributed by atoms with Gasteiger partial charge in [0.1, 0.15) is 6.10 Å². The summed E-state index contributed by atoms with van der Waals surface area (Å²) in [5.74, 6) is 0.0651. The average molecular weight is 225 g/mol. The molecule has 0 radical (unpaired) electrons. The summed E-state index contributed by atoms with van der Waals surface area (Å²) in [4.78, 5) is 0. The van der Waals surface area contributed by atoms with E-state index in [-0.39, 0.29) is 18.0 Å². The third-order valence-corrected chi connectivity index (χ3v) is 2.70. The maximum absolute atomic E-state index is 13.7. The van der Waals surface area contributed by atoms with Gasteiger partial charge in [-0.3, -0.25) is 0 Å². The first-order valence-electron chi connectivity index (χ1n) is 5.71. The molecule has 0 heterocycles. The number of rotatable bonds is 5. The number of hydrogen-bond acceptors (Lipinski definition) is 2. The third-order valence-electron chi connectivity index (χ3n) is 2.70. The quantitative estimate of drug-likeness (QED) is 0.832. The second-order valence-electron chi connectivity index (χ2n) is 4.06. The summed E-state index contributed by atoms with van der Waals surface area (Å²) in [5.41, 5.74) is 0.612. The van der Waals surface area contributed by atoms with Gasteiger partial charge in [0, 0.05) is 6.04 Å². The van der Waals surface area contributed by atoms with Crippen LogP contribution in [-0.2, 0) is 0 Å². The largest absolute Gasteiger partial charge is 0.486 e. The van der Waals surface area contributed by atoms with E-state index < -0.39 is 0 Å². The first-order chi connectivity index (χ1) is 7.56. The molecule has 1 rings (SSSR count). The molecular weight excluding hydrogens is 205 g/mol. The second-order valence-corrected chi connectivity index (χ2v) is 4.06. The summed E-state index contributed by atoms with van der Waals surface area (Å²) >= 11 is 0. The molecule has 0 aliphatic heterocycles. The Labute approximate surface area is 96.8 Å². The Morgan fingerprint density at radius 1 is 1.38 bits per heavy atom. The van der Waals surface area contributed by atoms with Crippen LogP contribution < -0.4 is 10.1 Å². The monoisotopic (exact) mass is 225 g/mol. The van der Waals surface area contributed by atoms with Crippen molar-refractivity contribution in [2.24, 2.45) is 0 Å². The molecule has 0 aromatic heterocycles. The van der Waals surface area contributed by atoms with Crippen LogP contribution in [-0.4, -0.2) is 18.7 Å². The third kappa shape index (κ3) is 3.20. The molecule has 0 amide bonds. The van der Waals surface area contributed by atoms with E-state index in [4.69, 9.17) is 4.74 Å². The normalized spacial score (nSPS) is 14.6. The highest BCUT2D eigenvalue weighted by molar-refractivity contribution is 5.30. The number of likely N-dealkylation sites (N-methyl/N-ethyl adjacent to an activating group) is 1. The molecule has 0 bridgehead atoms. The van der Waals surface area contributed by atoms with Crippen molar-refractivity contribution in [3.8, 4) is 5.75 Å². The van der Waals surface area contributed by atoms with Crippen LogP contribution in [0.5, 0.6) is 5.75 Å². The van der Waals surface area contributed by atoms with Crippen LogP contribution in [0.15, 0.2) is 18.2 Å². The minimum Gasteiger partial charge on any atom is -0.486 e. The number of aryl methyl sites for hydroxylation is 1. The maximum Gasteiger partial charge on any atom is 0.167 e. The van der Waals surface area contributed by atoms with Crippen LogP contribution in [0.3, 0.4) is 0 Å². The highest BCUT2D eigenvalue weighted by atomic mass is 19.1. The van der Waals surface area contributed by atoms with Crippen molar-refractivity contribution in [2.75, 3.05) is 6.54 Å². The standard InChI is InChI=1S/C13H20FNO/c1-5-15-10(3)11(4)16-12-8-6-7-9(2)13(12)14/h6-8,10-11,15H,5H2,1-4H3. The van der Waals surface area contributed by atoms with Crippen molar-refractivity contribution in [3.63, 3.8) is 0 Å². The van der Waals surface area contributed by atoms with Gasteiger partial charge in [-0.2, -0.15) is 0 Å². The summed E-state index contributed by atoms with van der Waals surface area (Å²) in [6, 6.07) is 5.40. The van der Waals surface area contributed by atoms with E-state index >= 15 is 0 Å². The summed E-state index contributed by atoms with van der Waals surface area (Å²) in [6.07, 6.45) is -0.0590. The fourth-order valence-electron chi connectivity index (χ4n) is 1.50. The molecule has 3 heteroatoms. The average Bonchev–Trinajstić information content (AvgIpc) is 2.25. The molecule has 0 saturated heterocycles. The van der Waals surface area contributed by atoms with Crippen LogP contribution in [0.1, 0.15) is 26.3 Å². The summed E-state index contributed by atoms with van der Waals surface area (Å²) in [7, 11) is 0. The lowest BCUT2D eigenvalue weighted by atomic mass is 10.2. The SMILES string of the molecule is CCNC(C)C(C)Oc1cccc(C)c1F. The van der Waals surface area contributed by atoms with E-state index in [2.05, 4.69) is 5.32 Å². The molecule has 90 valence electrons. The van der Waals surface area contributed by atoms with Crippen molar-refractivity contribution >= 4 is 0 Å². The topological polar surface area (TPSA) is 21.3 Å². The van der Waals surface area contributed by atoms with Crippen molar-refractivity contribution in [1.82, 2.24) is 5.32 Å². The van der Waals surface area contributed by atoms with Gasteiger partial charge in [-0.15, -0.1) is 0 Å². The second kappa shape index (κ2) is 5.85. The zero-order chi connectivity index (χ0) is 12.1. The van der Waals surface area contributed by atoms with Crippen LogP contribution in [0.25, 0.3) is 0 Å². The Morgan fingerprint density at radius 3 is 2.69 bits per heavy atom. The molecule has 2 atom stereocenters. The number of benzene rings is 1. The Kier molecular flexibility index (Phi) is 4.74. The lowest BCUT2D eigenvalue weighted by Crippen LogP contribution is -2.38. The van der Waals surface area contributed by atoms with Gasteiger partial charge in [-0.05, 0) is 38.9 Å². The number of halogens is 1. The molecule has 2 unspecified atom stereocenters. The van der Waals surface area contributed by atoms with E-state index in [1.807, 2.05) is 20.8 Å². The lowest BCUT2D eigenvalue weighted by molar-refractivity contribution is 0.171. The Balaban J connectivity index is 2.69. The summed E-state index contributed by atoms with van der Waals surface area (Å²) < 4.78 is 19.3. The molecule has 1 aromatic carbocycles. The van der Waals surface area contributed by atoms with E-state index in [0.29, 0.717) is 11.3 Å². The van der Waals surface area contributed by atoms with E-state index in [1.165, 1.54) is 0 Å². The highest BCUT2D eigenvalue weighted by Crippen LogP contribution is 2.21. The van der Waals surface area contributed by atoms with Gasteiger partial charge >= 0.3 is 0 Å². The Bertz CT molecular complexity index is 341. The summed E-state index contributed by atoms with van der Waals surface area (Å²) in [5, 5.41) is 3.25. The fourth-order valence-corrected chi connectivity index (χ4v) is 1.50. The first kappa shape index (κ1) is 13.0. The lowest BCUT2D eigenvalue weighted by Gasteiger charge is -2.22. The minimum absolute atomic E-state index is 0.0590. The van der Waals surface area contributed by atoms with Gasteiger partial charge in [0.05, 0.1) is 0 Å². The smallest absolute Gasteiger partial charge is 0.167 e. The highest BCUT2D eigenvalue weighted by Gasteiger charge is 2.15. The van der Waals surface area contributed by atoms with E-state index in [9.17, 15) is 4.39 Å². The van der Waals surface area contributed by atoms with Crippen molar-refractivity contribution in [1.29, 1.82) is 0 Å². The van der Waals surface area contributed by atoms with Crippen LogP contribution in [0, 0.1) is 12.7 Å². The zero-order valence-electron chi connectivity index (χ0n) is 10.4. The van der Waals surface area contributed by atoms with Crippen LogP contribution in [0.2, 0.25) is 0 Å². The molecular formula is C13H20FNO. The maximum atomic E-state index is 13.7. The molecule has 0 aliphatic carbocycles. The van der Waals surface area contributed by atoms with Crippen molar-refractivity contribution < 1.29 is 9.13 Å². The molecule has 0 fully saturated rings. The number of hydrogen-bond donors (Lipinski definition) is 1. The molecule has 0 aliphatic rings. The Morgan fingerprint density at radius 2 is 2.06 bits per heavy atom. The molecule has 2 nitrogen and oxygen atoms in total. The Hall–Kier alpha value is -1.09. The minimum atomic E-state index is -0.266. The number of nitrogens with one attached hydrogen (secondary N) is 1. The first-order valence-corrected chi connectivity index (χ1v) is 5.71. The van der Waals surface area contributed by atoms with Crippen LogP contribution >= 0.6 is 0 Å². The van der Waals surface area contributed by atoms with E-state index in [1.54, 1.807) is 25.1 Å². The molecule has 1 aromatic rings. The van der Waals surface area contributed by atoms with Crippen LogP contribution in [0.4, 0.5) is 4.39 Å². The van der Waals surface area contributed by atoms with Gasteiger partial charge < -0.3 is 10.1 Å². The van der Waals surface area contributed by atoms with Gasteiger partial charge in [0.15, 0.2) is 11.6 Å². The van der Waals surface area contributed by atoms with Crippen molar-refractivity contribution in [2.45, 2.75) is 39.8 Å². The van der Waals surface area contributed by atoms with Crippen molar-refractivity contribution in [3.05, 3.63) is 29.6 Å². The van der Waals surface area contributed by atoms with Gasteiger partial charge in [-0.1, -0.05) is 19.1 Å². The molecule has 1 N–H and O–H groups in total. The zero-order valence-corrected chi connectivity index (χ0v) is 10.4. The fraction of sp³-hybridized carbons (Fsp3) is 0.538. The summed E-state index contributed by atoms with van der Waals surface area (Å²) in [6.45, 7) is 8.62. The number of ether oxygens (including phenoxy) is 1. The predicted molar refractivity (Wildman–Crippen MR) is 64.4 cm³/mol. The molecule has 0 saturated carbocycles. The molecule has 0 spiro atoms. The van der Waals surface area contributed by atoms with Gasteiger partial charge in [0.2, 0.25) is 0 Å². The van der Waals surface area contributed by atoms with Gasteiger partial charge in [0.25, 0.3) is 0 Å². The van der Waals surface area contributed by atoms with E-state index in [0.717, 1.165) is 6.54 Å².